The van der Waals surface area contributed by atoms with Gasteiger partial charge in [0.05, 0.1) is 15.6 Å². The van der Waals surface area contributed by atoms with E-state index in [-0.39, 0.29) is 18.2 Å². The molecular weight excluding hydrogens is 342 g/mol. The van der Waals surface area contributed by atoms with Crippen molar-refractivity contribution < 1.29 is 14.7 Å². The number of pyridine rings is 1. The minimum absolute atomic E-state index is 0.0208. The Morgan fingerprint density at radius 2 is 2.24 bits per heavy atom. The van der Waals surface area contributed by atoms with E-state index in [2.05, 4.69) is 16.0 Å². The molecule has 1 aliphatic rings. The third-order valence-corrected chi connectivity index (χ3v) is 4.73. The van der Waals surface area contributed by atoms with Crippen molar-refractivity contribution in [2.24, 2.45) is 0 Å². The second-order valence-electron chi connectivity index (χ2n) is 5.32. The monoisotopic (exact) mass is 359 g/mol. The van der Waals surface area contributed by atoms with Gasteiger partial charge >= 0.3 is 0 Å². The number of hydrogen-bond acceptors (Lipinski definition) is 7. The molecule has 3 N–H and O–H groups in total. The number of aromatic nitrogens is 2. The van der Waals surface area contributed by atoms with E-state index < -0.39 is 0 Å². The third kappa shape index (κ3) is 3.75. The summed E-state index contributed by atoms with van der Waals surface area (Å²) in [4.78, 5) is 31.3. The number of amides is 1. The molecule has 2 aromatic rings. The summed E-state index contributed by atoms with van der Waals surface area (Å²) < 4.78 is 0. The second-order valence-corrected chi connectivity index (χ2v) is 6.56. The van der Waals surface area contributed by atoms with Gasteiger partial charge < -0.3 is 15.7 Å². The number of aryl methyl sites for hydroxylation is 1. The molecule has 0 saturated carbocycles. The molecule has 8 nitrogen and oxygen atoms in total. The molecule has 3 rings (SSSR count). The van der Waals surface area contributed by atoms with Crippen LogP contribution in [0.15, 0.2) is 6.20 Å². The zero-order valence-corrected chi connectivity index (χ0v) is 14.6. The van der Waals surface area contributed by atoms with Gasteiger partial charge in [0.1, 0.15) is 17.5 Å². The van der Waals surface area contributed by atoms with Crippen molar-refractivity contribution in [2.75, 3.05) is 12.3 Å². The Hall–Kier alpha value is -2.99. The zero-order chi connectivity index (χ0) is 18.6. The van der Waals surface area contributed by atoms with Crippen molar-refractivity contribution in [2.45, 2.75) is 26.8 Å². The topological polar surface area (TPSA) is 133 Å². The standard InChI is InChI=1S/C15H15N5OS.CH2O2/c1-8-18-6-13(22-8)14-10(5-16)15(17)19-12-3-4-20(9(2)21)7-11(12)14;2-1-3/h6H,3-4,7H2,1-2H3,(H2,17,19);1H,(H,2,3). The normalized spacial score (nSPS) is 12.4. The van der Waals surface area contributed by atoms with E-state index in [1.165, 1.54) is 11.3 Å². The lowest BCUT2D eigenvalue weighted by molar-refractivity contribution is -0.129. The largest absolute Gasteiger partial charge is 0.483 e. The maximum atomic E-state index is 11.7. The van der Waals surface area contributed by atoms with Gasteiger partial charge in [0.25, 0.3) is 6.47 Å². The molecule has 1 amide bonds. The van der Waals surface area contributed by atoms with E-state index >= 15 is 0 Å². The van der Waals surface area contributed by atoms with E-state index in [4.69, 9.17) is 15.6 Å². The summed E-state index contributed by atoms with van der Waals surface area (Å²) in [5.74, 6) is 0.269. The van der Waals surface area contributed by atoms with Crippen molar-refractivity contribution in [3.8, 4) is 16.5 Å². The summed E-state index contributed by atoms with van der Waals surface area (Å²) >= 11 is 1.51. The summed E-state index contributed by atoms with van der Waals surface area (Å²) in [7, 11) is 0. The number of carbonyl (C=O) groups excluding carboxylic acids is 1. The molecule has 0 aromatic carbocycles. The highest BCUT2D eigenvalue weighted by Gasteiger charge is 2.27. The second kappa shape index (κ2) is 7.72. The van der Waals surface area contributed by atoms with Gasteiger partial charge in [-0.2, -0.15) is 5.26 Å². The first kappa shape index (κ1) is 18.4. The van der Waals surface area contributed by atoms with E-state index in [0.29, 0.717) is 25.1 Å². The minimum Gasteiger partial charge on any atom is -0.483 e. The molecule has 0 fully saturated rings. The summed E-state index contributed by atoms with van der Waals surface area (Å²) in [6.45, 7) is 4.30. The maximum absolute atomic E-state index is 11.7. The predicted molar refractivity (Wildman–Crippen MR) is 92.7 cm³/mol. The molecule has 130 valence electrons. The van der Waals surface area contributed by atoms with Crippen LogP contribution in [-0.4, -0.2) is 38.9 Å². The van der Waals surface area contributed by atoms with Gasteiger partial charge in [0, 0.05) is 43.8 Å². The molecule has 3 heterocycles. The molecular formula is C16H17N5O3S. The van der Waals surface area contributed by atoms with Gasteiger partial charge in [-0.1, -0.05) is 0 Å². The molecule has 25 heavy (non-hydrogen) atoms. The van der Waals surface area contributed by atoms with Gasteiger partial charge in [0.15, 0.2) is 0 Å². The van der Waals surface area contributed by atoms with Gasteiger partial charge in [-0.15, -0.1) is 11.3 Å². The summed E-state index contributed by atoms with van der Waals surface area (Å²) in [5.41, 5.74) is 8.90. The van der Waals surface area contributed by atoms with Crippen LogP contribution in [0.5, 0.6) is 0 Å². The Morgan fingerprint density at radius 3 is 2.76 bits per heavy atom. The first-order valence-corrected chi connectivity index (χ1v) is 8.22. The van der Waals surface area contributed by atoms with Crippen LogP contribution < -0.4 is 5.73 Å². The van der Waals surface area contributed by atoms with Crippen LogP contribution in [-0.2, 0) is 22.6 Å². The van der Waals surface area contributed by atoms with E-state index in [1.54, 1.807) is 18.0 Å². The van der Waals surface area contributed by atoms with Crippen molar-refractivity contribution >= 4 is 29.5 Å². The number of nitrogens with zero attached hydrogens (tertiary/aromatic N) is 4. The number of nitrogens with two attached hydrogens (primary N) is 1. The first-order valence-electron chi connectivity index (χ1n) is 7.40. The zero-order valence-electron chi connectivity index (χ0n) is 13.8. The average Bonchev–Trinajstić information content (AvgIpc) is 2.99. The van der Waals surface area contributed by atoms with Crippen LogP contribution >= 0.6 is 11.3 Å². The smallest absolute Gasteiger partial charge is 0.290 e. The lowest BCUT2D eigenvalue weighted by Gasteiger charge is -2.29. The van der Waals surface area contributed by atoms with Crippen LogP contribution in [0.4, 0.5) is 5.82 Å². The van der Waals surface area contributed by atoms with Crippen LogP contribution in [0, 0.1) is 18.3 Å². The molecule has 0 atom stereocenters. The molecule has 0 bridgehead atoms. The fraction of sp³-hybridized carbons (Fsp3) is 0.312. The van der Waals surface area contributed by atoms with Crippen molar-refractivity contribution in [1.29, 1.82) is 5.26 Å². The number of hydrogen-bond donors (Lipinski definition) is 2. The molecule has 0 saturated heterocycles. The fourth-order valence-electron chi connectivity index (χ4n) is 2.71. The SMILES string of the molecule is CC(=O)N1CCc2nc(N)c(C#N)c(-c3cnc(C)s3)c2C1.O=CO. The molecule has 1 aliphatic heterocycles. The van der Waals surface area contributed by atoms with Crippen LogP contribution in [0.3, 0.4) is 0 Å². The lowest BCUT2D eigenvalue weighted by Crippen LogP contribution is -2.35. The number of nitriles is 1. The number of nitrogen functional groups attached to an aromatic ring is 1. The van der Waals surface area contributed by atoms with Crippen molar-refractivity contribution in [3.05, 3.63) is 28.0 Å². The van der Waals surface area contributed by atoms with Gasteiger partial charge in [-0.05, 0) is 6.92 Å². The molecule has 0 spiro atoms. The van der Waals surface area contributed by atoms with Crippen LogP contribution in [0.1, 0.15) is 28.8 Å². The van der Waals surface area contributed by atoms with Crippen molar-refractivity contribution in [3.63, 3.8) is 0 Å². The Kier molecular flexibility index (Phi) is 5.67. The highest BCUT2D eigenvalue weighted by Crippen LogP contribution is 2.37. The maximum Gasteiger partial charge on any atom is 0.290 e. The van der Waals surface area contributed by atoms with Crippen LogP contribution in [0.2, 0.25) is 0 Å². The average molecular weight is 359 g/mol. The molecule has 0 radical (unpaired) electrons. The van der Waals surface area contributed by atoms with E-state index in [9.17, 15) is 10.1 Å². The highest BCUT2D eigenvalue weighted by atomic mass is 32.1. The predicted octanol–water partition coefficient (Wildman–Crippen LogP) is 1.57. The minimum atomic E-state index is -0.250. The number of anilines is 1. The fourth-order valence-corrected chi connectivity index (χ4v) is 3.57. The molecule has 9 heteroatoms. The number of thiazole rings is 1. The van der Waals surface area contributed by atoms with E-state index in [0.717, 1.165) is 26.7 Å². The third-order valence-electron chi connectivity index (χ3n) is 3.80. The van der Waals surface area contributed by atoms with Gasteiger partial charge in [-0.3, -0.25) is 9.59 Å². The summed E-state index contributed by atoms with van der Waals surface area (Å²) in [6.07, 6.45) is 2.40. The summed E-state index contributed by atoms with van der Waals surface area (Å²) in [5, 5.41) is 17.3. The van der Waals surface area contributed by atoms with E-state index in [1.807, 2.05) is 6.92 Å². The molecule has 2 aromatic heterocycles. The summed E-state index contributed by atoms with van der Waals surface area (Å²) in [6, 6.07) is 2.15. The highest BCUT2D eigenvalue weighted by molar-refractivity contribution is 7.15. The Labute approximate surface area is 148 Å². The van der Waals surface area contributed by atoms with Gasteiger partial charge in [0.2, 0.25) is 5.91 Å². The number of carboxylic acid groups (broad SMARTS) is 1. The number of carbonyl (C=O) groups is 2. The van der Waals surface area contributed by atoms with Crippen molar-refractivity contribution in [1.82, 2.24) is 14.9 Å². The molecule has 0 aliphatic carbocycles. The van der Waals surface area contributed by atoms with Gasteiger partial charge in [-0.25, -0.2) is 9.97 Å². The van der Waals surface area contributed by atoms with Crippen LogP contribution in [0.25, 0.3) is 10.4 Å². The number of fused-ring (bicyclic) bond motifs is 1. The Morgan fingerprint density at radius 1 is 1.56 bits per heavy atom. The Bertz CT molecular complexity index is 856. The lowest BCUT2D eigenvalue weighted by atomic mass is 9.95. The quantitative estimate of drug-likeness (QED) is 0.738. The first-order chi connectivity index (χ1) is 11.9. The Balaban J connectivity index is 0.000000701. The number of rotatable bonds is 1. The molecule has 0 unspecified atom stereocenters.